The molecule has 0 aliphatic rings. The minimum absolute atomic E-state index is 0.101. The van der Waals surface area contributed by atoms with Crippen LogP contribution in [0.15, 0.2) is 35.1 Å². The number of aromatic nitrogens is 2. The number of halogens is 1. The Bertz CT molecular complexity index is 592. The third-order valence-corrected chi connectivity index (χ3v) is 3.03. The molecule has 2 rings (SSSR count). The van der Waals surface area contributed by atoms with E-state index in [1.54, 1.807) is 6.07 Å². The van der Waals surface area contributed by atoms with Gasteiger partial charge in [0.15, 0.2) is 0 Å². The topological polar surface area (TPSA) is 45.8 Å². The molecule has 1 N–H and O–H groups in total. The number of aryl methyl sites for hydroxylation is 1. The smallest absolute Gasteiger partial charge is 0.251 e. The van der Waals surface area contributed by atoms with Gasteiger partial charge >= 0.3 is 0 Å². The number of nitrogens with one attached hydrogen (secondary N) is 1. The highest BCUT2D eigenvalue weighted by molar-refractivity contribution is 6.31. The monoisotopic (exact) mass is 262 g/mol. The van der Waals surface area contributed by atoms with Crippen molar-refractivity contribution in [2.45, 2.75) is 26.2 Å². The molecule has 0 saturated carbocycles. The van der Waals surface area contributed by atoms with Crippen molar-refractivity contribution in [2.75, 3.05) is 0 Å². The lowest BCUT2D eigenvalue weighted by Gasteiger charge is -2.05. The molecular weight excluding hydrogens is 248 g/mol. The molecule has 18 heavy (non-hydrogen) atoms. The van der Waals surface area contributed by atoms with Gasteiger partial charge in [-0.3, -0.25) is 4.79 Å². The first-order chi connectivity index (χ1) is 8.69. The van der Waals surface area contributed by atoms with Gasteiger partial charge in [-0.2, -0.15) is 0 Å². The normalized spacial score (nSPS) is 10.6. The number of rotatable bonds is 4. The number of benzene rings is 1. The zero-order valence-electron chi connectivity index (χ0n) is 10.2. The van der Waals surface area contributed by atoms with E-state index in [0.717, 1.165) is 24.1 Å². The maximum absolute atomic E-state index is 11.5. The Morgan fingerprint density at radius 2 is 2.11 bits per heavy atom. The summed E-state index contributed by atoms with van der Waals surface area (Å²) in [4.78, 5) is 18.7. The molecule has 0 amide bonds. The molecule has 0 aliphatic heterocycles. The van der Waals surface area contributed by atoms with Crippen LogP contribution in [0.2, 0.25) is 5.02 Å². The second kappa shape index (κ2) is 5.83. The van der Waals surface area contributed by atoms with E-state index in [-0.39, 0.29) is 5.56 Å². The predicted molar refractivity (Wildman–Crippen MR) is 73.1 cm³/mol. The van der Waals surface area contributed by atoms with E-state index in [0.29, 0.717) is 17.3 Å². The van der Waals surface area contributed by atoms with Gasteiger partial charge in [-0.1, -0.05) is 43.1 Å². The SMILES string of the molecule is CCCc1cc(=O)[nH]c(Cc2ccccc2Cl)n1. The van der Waals surface area contributed by atoms with Crippen molar-refractivity contribution >= 4 is 11.6 Å². The van der Waals surface area contributed by atoms with E-state index in [4.69, 9.17) is 11.6 Å². The van der Waals surface area contributed by atoms with E-state index in [2.05, 4.69) is 16.9 Å². The number of hydrogen-bond donors (Lipinski definition) is 1. The molecule has 94 valence electrons. The Labute approximate surface area is 111 Å². The lowest BCUT2D eigenvalue weighted by molar-refractivity contribution is 0.832. The zero-order valence-corrected chi connectivity index (χ0v) is 11.0. The first-order valence-electron chi connectivity index (χ1n) is 6.01. The van der Waals surface area contributed by atoms with Crippen LogP contribution in [0.1, 0.15) is 30.4 Å². The fraction of sp³-hybridized carbons (Fsp3) is 0.286. The van der Waals surface area contributed by atoms with Gasteiger partial charge in [-0.05, 0) is 18.1 Å². The van der Waals surface area contributed by atoms with Crippen LogP contribution in [0.5, 0.6) is 0 Å². The van der Waals surface area contributed by atoms with E-state index in [1.165, 1.54) is 0 Å². The molecule has 3 nitrogen and oxygen atoms in total. The Morgan fingerprint density at radius 1 is 1.33 bits per heavy atom. The Kier molecular flexibility index (Phi) is 4.15. The van der Waals surface area contributed by atoms with Crippen LogP contribution in [0.3, 0.4) is 0 Å². The Morgan fingerprint density at radius 3 is 2.83 bits per heavy atom. The first kappa shape index (κ1) is 12.8. The Balaban J connectivity index is 2.29. The quantitative estimate of drug-likeness (QED) is 0.921. The van der Waals surface area contributed by atoms with Gasteiger partial charge in [0.05, 0.1) is 0 Å². The lowest BCUT2D eigenvalue weighted by atomic mass is 10.1. The molecule has 4 heteroatoms. The van der Waals surface area contributed by atoms with Gasteiger partial charge in [0.1, 0.15) is 5.82 Å². The lowest BCUT2D eigenvalue weighted by Crippen LogP contribution is -2.13. The molecule has 0 atom stereocenters. The van der Waals surface area contributed by atoms with Crippen LogP contribution in [0.25, 0.3) is 0 Å². The van der Waals surface area contributed by atoms with Gasteiger partial charge < -0.3 is 4.98 Å². The predicted octanol–water partition coefficient (Wildman–Crippen LogP) is 2.97. The highest BCUT2D eigenvalue weighted by Gasteiger charge is 2.05. The molecule has 2 aromatic rings. The molecule has 0 aliphatic carbocycles. The van der Waals surface area contributed by atoms with Crippen molar-refractivity contribution in [3.63, 3.8) is 0 Å². The minimum Gasteiger partial charge on any atom is -0.310 e. The van der Waals surface area contributed by atoms with E-state index >= 15 is 0 Å². The van der Waals surface area contributed by atoms with Crippen molar-refractivity contribution < 1.29 is 0 Å². The maximum Gasteiger partial charge on any atom is 0.251 e. The van der Waals surface area contributed by atoms with Crippen molar-refractivity contribution in [1.82, 2.24) is 9.97 Å². The average Bonchev–Trinajstić information content (AvgIpc) is 2.32. The maximum atomic E-state index is 11.5. The van der Waals surface area contributed by atoms with E-state index in [1.807, 2.05) is 24.3 Å². The first-order valence-corrected chi connectivity index (χ1v) is 6.39. The summed E-state index contributed by atoms with van der Waals surface area (Å²) in [5.74, 6) is 0.666. The fourth-order valence-corrected chi connectivity index (χ4v) is 2.06. The Hall–Kier alpha value is -1.61. The number of aromatic amines is 1. The molecule has 1 aromatic heterocycles. The molecule has 0 saturated heterocycles. The van der Waals surface area contributed by atoms with Crippen LogP contribution in [-0.4, -0.2) is 9.97 Å². The summed E-state index contributed by atoms with van der Waals surface area (Å²) >= 11 is 6.10. The van der Waals surface area contributed by atoms with Gasteiger partial charge in [0.25, 0.3) is 5.56 Å². The number of H-pyrrole nitrogens is 1. The summed E-state index contributed by atoms with van der Waals surface area (Å²) in [6.07, 6.45) is 2.34. The average molecular weight is 263 g/mol. The van der Waals surface area contributed by atoms with Crippen LogP contribution in [-0.2, 0) is 12.8 Å². The molecule has 0 spiro atoms. The van der Waals surface area contributed by atoms with Crippen molar-refractivity contribution in [3.05, 3.63) is 62.8 Å². The summed E-state index contributed by atoms with van der Waals surface area (Å²) in [7, 11) is 0. The van der Waals surface area contributed by atoms with E-state index < -0.39 is 0 Å². The third kappa shape index (κ3) is 3.20. The van der Waals surface area contributed by atoms with Gasteiger partial charge in [0, 0.05) is 23.2 Å². The highest BCUT2D eigenvalue weighted by atomic mass is 35.5. The van der Waals surface area contributed by atoms with Gasteiger partial charge in [-0.25, -0.2) is 4.98 Å². The van der Waals surface area contributed by atoms with Crippen molar-refractivity contribution in [3.8, 4) is 0 Å². The zero-order chi connectivity index (χ0) is 13.0. The van der Waals surface area contributed by atoms with Gasteiger partial charge in [-0.15, -0.1) is 0 Å². The number of nitrogens with zero attached hydrogens (tertiary/aromatic N) is 1. The summed E-state index contributed by atoms with van der Waals surface area (Å²) < 4.78 is 0. The van der Waals surface area contributed by atoms with Crippen LogP contribution >= 0.6 is 11.6 Å². The molecule has 0 radical (unpaired) electrons. The molecular formula is C14H15ClN2O. The van der Waals surface area contributed by atoms with Crippen LogP contribution < -0.4 is 5.56 Å². The summed E-state index contributed by atoms with van der Waals surface area (Å²) in [6.45, 7) is 2.07. The molecule has 1 heterocycles. The summed E-state index contributed by atoms with van der Waals surface area (Å²) in [6, 6.07) is 9.14. The fourth-order valence-electron chi connectivity index (χ4n) is 1.85. The van der Waals surface area contributed by atoms with E-state index in [9.17, 15) is 4.79 Å². The molecule has 0 fully saturated rings. The minimum atomic E-state index is -0.101. The number of hydrogen-bond acceptors (Lipinski definition) is 2. The van der Waals surface area contributed by atoms with Crippen molar-refractivity contribution in [1.29, 1.82) is 0 Å². The third-order valence-electron chi connectivity index (χ3n) is 2.67. The summed E-state index contributed by atoms with van der Waals surface area (Å²) in [5.41, 5.74) is 1.70. The largest absolute Gasteiger partial charge is 0.310 e. The highest BCUT2D eigenvalue weighted by Crippen LogP contribution is 2.17. The molecule has 1 aromatic carbocycles. The molecule has 0 bridgehead atoms. The van der Waals surface area contributed by atoms with Gasteiger partial charge in [0.2, 0.25) is 0 Å². The second-order valence-corrected chi connectivity index (χ2v) is 4.61. The van der Waals surface area contributed by atoms with Crippen LogP contribution in [0, 0.1) is 0 Å². The van der Waals surface area contributed by atoms with Crippen LogP contribution in [0.4, 0.5) is 0 Å². The van der Waals surface area contributed by atoms with Crippen molar-refractivity contribution in [2.24, 2.45) is 0 Å². The second-order valence-electron chi connectivity index (χ2n) is 4.20. The summed E-state index contributed by atoms with van der Waals surface area (Å²) in [5, 5.41) is 0.695. The standard InChI is InChI=1S/C14H15ClN2O/c1-2-5-11-9-14(18)17-13(16-11)8-10-6-3-4-7-12(10)15/h3-4,6-7,9H,2,5,8H2,1H3,(H,16,17,18). The molecule has 0 unspecified atom stereocenters.